The zero-order valence-electron chi connectivity index (χ0n) is 16.2. The largest absolute Gasteiger partial charge is 0.497 e. The van der Waals surface area contributed by atoms with E-state index in [4.69, 9.17) is 16.3 Å². The van der Waals surface area contributed by atoms with E-state index in [1.54, 1.807) is 7.11 Å². The van der Waals surface area contributed by atoms with Gasteiger partial charge in [-0.15, -0.1) is 0 Å². The van der Waals surface area contributed by atoms with E-state index >= 15 is 0 Å². The Hall–Kier alpha value is -2.24. The Morgan fingerprint density at radius 1 is 1.04 bits per heavy atom. The first-order valence-electron chi connectivity index (χ1n) is 9.84. The minimum atomic E-state index is 0.189. The van der Waals surface area contributed by atoms with Crippen molar-refractivity contribution in [3.05, 3.63) is 53.1 Å². The molecule has 148 valence electrons. The van der Waals surface area contributed by atoms with E-state index in [2.05, 4.69) is 15.9 Å². The molecule has 5 nitrogen and oxygen atoms in total. The second-order valence-corrected chi connectivity index (χ2v) is 7.82. The van der Waals surface area contributed by atoms with E-state index in [0.29, 0.717) is 6.42 Å². The number of hydrogen-bond donors (Lipinski definition) is 0. The van der Waals surface area contributed by atoms with Gasteiger partial charge in [0.05, 0.1) is 19.2 Å². The lowest BCUT2D eigenvalue weighted by Gasteiger charge is -2.36. The first-order chi connectivity index (χ1) is 13.6. The van der Waals surface area contributed by atoms with Gasteiger partial charge in [-0.2, -0.15) is 0 Å². The third kappa shape index (κ3) is 4.10. The molecule has 0 bridgehead atoms. The maximum atomic E-state index is 12.4. The van der Waals surface area contributed by atoms with Crippen molar-refractivity contribution in [1.82, 2.24) is 4.90 Å². The lowest BCUT2D eigenvalue weighted by atomic mass is 10.1. The second kappa shape index (κ2) is 8.41. The van der Waals surface area contributed by atoms with Gasteiger partial charge in [0.2, 0.25) is 5.91 Å². The van der Waals surface area contributed by atoms with Crippen LogP contribution in [0.2, 0.25) is 5.02 Å². The number of piperazine rings is 1. The minimum absolute atomic E-state index is 0.189. The number of benzene rings is 2. The Labute approximate surface area is 171 Å². The lowest BCUT2D eigenvalue weighted by molar-refractivity contribution is -0.117. The molecule has 1 saturated heterocycles. The van der Waals surface area contributed by atoms with Crippen LogP contribution in [0, 0.1) is 0 Å². The van der Waals surface area contributed by atoms with Gasteiger partial charge in [0.25, 0.3) is 0 Å². The third-order valence-corrected chi connectivity index (χ3v) is 5.86. The third-order valence-electron chi connectivity index (χ3n) is 5.63. The molecule has 1 amide bonds. The molecule has 0 atom stereocenters. The molecular weight excluding hydrogens is 374 g/mol. The predicted molar refractivity (Wildman–Crippen MR) is 114 cm³/mol. The average molecular weight is 400 g/mol. The normalized spacial score (nSPS) is 17.1. The summed E-state index contributed by atoms with van der Waals surface area (Å²) in [5, 5.41) is 0.784. The van der Waals surface area contributed by atoms with E-state index in [-0.39, 0.29) is 5.91 Å². The van der Waals surface area contributed by atoms with E-state index < -0.39 is 0 Å². The van der Waals surface area contributed by atoms with E-state index in [9.17, 15) is 4.79 Å². The maximum Gasteiger partial charge on any atom is 0.231 e. The highest BCUT2D eigenvalue weighted by Crippen LogP contribution is 2.32. The lowest BCUT2D eigenvalue weighted by Crippen LogP contribution is -2.47. The van der Waals surface area contributed by atoms with Crippen molar-refractivity contribution in [2.24, 2.45) is 0 Å². The Balaban J connectivity index is 1.27. The number of hydrogen-bond acceptors (Lipinski definition) is 4. The van der Waals surface area contributed by atoms with E-state index in [1.165, 1.54) is 5.69 Å². The molecule has 6 heteroatoms. The van der Waals surface area contributed by atoms with Crippen molar-refractivity contribution in [2.75, 3.05) is 56.2 Å². The molecule has 2 aromatic carbocycles. The number of anilines is 2. The molecule has 0 radical (unpaired) electrons. The first kappa shape index (κ1) is 19.1. The van der Waals surface area contributed by atoms with Gasteiger partial charge in [-0.25, -0.2) is 0 Å². The zero-order valence-corrected chi connectivity index (χ0v) is 17.0. The fourth-order valence-corrected chi connectivity index (χ4v) is 4.25. The number of methoxy groups -OCH3 is 1. The summed E-state index contributed by atoms with van der Waals surface area (Å²) in [6.07, 6.45) is 1.47. The molecule has 4 rings (SSSR count). The minimum Gasteiger partial charge on any atom is -0.497 e. The summed E-state index contributed by atoms with van der Waals surface area (Å²) in [6, 6.07) is 14.0. The van der Waals surface area contributed by atoms with Gasteiger partial charge in [-0.1, -0.05) is 23.7 Å². The second-order valence-electron chi connectivity index (χ2n) is 7.38. The van der Waals surface area contributed by atoms with Crippen molar-refractivity contribution in [3.8, 4) is 5.75 Å². The number of rotatable bonds is 6. The Bertz CT molecular complexity index is 849. The summed E-state index contributed by atoms with van der Waals surface area (Å²) in [7, 11) is 1.66. The topological polar surface area (TPSA) is 36.0 Å². The Morgan fingerprint density at radius 2 is 1.86 bits per heavy atom. The number of amides is 1. The number of ether oxygens (including phenoxy) is 1. The molecule has 2 aliphatic heterocycles. The van der Waals surface area contributed by atoms with Gasteiger partial charge in [0.1, 0.15) is 5.75 Å². The smallest absolute Gasteiger partial charge is 0.231 e. The molecule has 0 unspecified atom stereocenters. The van der Waals surface area contributed by atoms with Crippen LogP contribution in [0.25, 0.3) is 0 Å². The van der Waals surface area contributed by atoms with Crippen LogP contribution in [0.1, 0.15) is 12.0 Å². The molecule has 0 aromatic heterocycles. The van der Waals surface area contributed by atoms with Crippen molar-refractivity contribution < 1.29 is 9.53 Å². The number of carbonyl (C=O) groups excluding carboxylic acids is 1. The maximum absolute atomic E-state index is 12.4. The SMILES string of the molecule is COc1ccc2c(c1)N(CCCN1CCN(c3cccc(Cl)c3)CC1)C(=O)C2. The molecule has 0 spiro atoms. The Kier molecular flexibility index (Phi) is 5.74. The standard InChI is InChI=1S/C22H26ClN3O2/c1-28-20-7-6-17-14-22(27)26(21(17)16-20)9-3-8-24-10-12-25(13-11-24)19-5-2-4-18(23)15-19/h2,4-7,15-16H,3,8-14H2,1H3. The molecule has 1 fully saturated rings. The average Bonchev–Trinajstić information content (AvgIpc) is 3.03. The fraction of sp³-hybridized carbons (Fsp3) is 0.409. The molecule has 0 aliphatic carbocycles. The zero-order chi connectivity index (χ0) is 19.5. The fourth-order valence-electron chi connectivity index (χ4n) is 4.06. The van der Waals surface area contributed by atoms with Crippen LogP contribution in [0.4, 0.5) is 11.4 Å². The summed E-state index contributed by atoms with van der Waals surface area (Å²) in [4.78, 5) is 19.2. The summed E-state index contributed by atoms with van der Waals surface area (Å²) in [5.74, 6) is 0.990. The van der Waals surface area contributed by atoms with Crippen molar-refractivity contribution in [1.29, 1.82) is 0 Å². The number of fused-ring (bicyclic) bond motifs is 1. The monoisotopic (exact) mass is 399 g/mol. The predicted octanol–water partition coefficient (Wildman–Crippen LogP) is 3.45. The number of carbonyl (C=O) groups is 1. The summed E-state index contributed by atoms with van der Waals surface area (Å²) in [5.41, 5.74) is 3.30. The van der Waals surface area contributed by atoms with Gasteiger partial charge < -0.3 is 14.5 Å². The van der Waals surface area contributed by atoms with Crippen molar-refractivity contribution in [2.45, 2.75) is 12.8 Å². The highest BCUT2D eigenvalue weighted by atomic mass is 35.5. The molecule has 2 aromatic rings. The highest BCUT2D eigenvalue weighted by molar-refractivity contribution is 6.30. The van der Waals surface area contributed by atoms with Crippen LogP contribution in [0.15, 0.2) is 42.5 Å². The summed E-state index contributed by atoms with van der Waals surface area (Å²) >= 11 is 6.11. The number of halogens is 1. The van der Waals surface area contributed by atoms with Gasteiger partial charge in [0.15, 0.2) is 0 Å². The van der Waals surface area contributed by atoms with Crippen molar-refractivity contribution in [3.63, 3.8) is 0 Å². The van der Waals surface area contributed by atoms with E-state index in [0.717, 1.165) is 67.7 Å². The molecule has 2 aliphatic rings. The molecule has 0 saturated carbocycles. The molecule has 28 heavy (non-hydrogen) atoms. The van der Waals surface area contributed by atoms with E-state index in [1.807, 2.05) is 41.3 Å². The van der Waals surface area contributed by atoms with Crippen molar-refractivity contribution >= 4 is 28.9 Å². The van der Waals surface area contributed by atoms with Crippen LogP contribution in [0.5, 0.6) is 5.75 Å². The van der Waals surface area contributed by atoms with Crippen LogP contribution in [-0.2, 0) is 11.2 Å². The van der Waals surface area contributed by atoms with Gasteiger partial charge in [-0.05, 0) is 42.8 Å². The number of nitrogens with zero attached hydrogens (tertiary/aromatic N) is 3. The highest BCUT2D eigenvalue weighted by Gasteiger charge is 2.27. The van der Waals surface area contributed by atoms with Gasteiger partial charge in [-0.3, -0.25) is 9.69 Å². The quantitative estimate of drug-likeness (QED) is 0.745. The molecular formula is C22H26ClN3O2. The first-order valence-corrected chi connectivity index (χ1v) is 10.2. The van der Waals surface area contributed by atoms with Gasteiger partial charge >= 0.3 is 0 Å². The van der Waals surface area contributed by atoms with Crippen LogP contribution in [0.3, 0.4) is 0 Å². The van der Waals surface area contributed by atoms with Crippen LogP contribution >= 0.6 is 11.6 Å². The molecule has 2 heterocycles. The Morgan fingerprint density at radius 3 is 2.61 bits per heavy atom. The summed E-state index contributed by atoms with van der Waals surface area (Å²) in [6.45, 7) is 5.84. The molecule has 0 N–H and O–H groups in total. The van der Waals surface area contributed by atoms with Crippen LogP contribution < -0.4 is 14.5 Å². The summed E-state index contributed by atoms with van der Waals surface area (Å²) < 4.78 is 5.32. The van der Waals surface area contributed by atoms with Gasteiger partial charge in [0, 0.05) is 49.5 Å². The van der Waals surface area contributed by atoms with Crippen LogP contribution in [-0.4, -0.2) is 57.2 Å².